The van der Waals surface area contributed by atoms with Gasteiger partial charge in [0.05, 0.1) is 15.1 Å². The van der Waals surface area contributed by atoms with E-state index >= 15 is 0 Å². The van der Waals surface area contributed by atoms with E-state index in [0.29, 0.717) is 21.6 Å². The number of aromatic nitrogens is 1. The number of aryl methyl sites for hydroxylation is 2. The SMILES string of the molecule is C=CCn1c(=NC(=O)c2ccc3c(c2)CCCC3)sc2cc([N+](=O)[O-])ccc21. The molecule has 1 aromatic heterocycles. The van der Waals surface area contributed by atoms with Gasteiger partial charge in [0.2, 0.25) is 0 Å². The van der Waals surface area contributed by atoms with Crippen molar-refractivity contribution in [3.8, 4) is 0 Å². The Balaban J connectivity index is 1.79. The van der Waals surface area contributed by atoms with Gasteiger partial charge in [-0.15, -0.1) is 6.58 Å². The summed E-state index contributed by atoms with van der Waals surface area (Å²) in [6, 6.07) is 10.5. The zero-order chi connectivity index (χ0) is 19.7. The van der Waals surface area contributed by atoms with E-state index in [9.17, 15) is 14.9 Å². The molecule has 1 amide bonds. The van der Waals surface area contributed by atoms with Crippen LogP contribution in [0.4, 0.5) is 5.69 Å². The minimum atomic E-state index is -0.425. The van der Waals surface area contributed by atoms with Crippen LogP contribution in [0.1, 0.15) is 34.3 Å². The monoisotopic (exact) mass is 393 g/mol. The lowest BCUT2D eigenvalue weighted by molar-refractivity contribution is -0.384. The molecule has 0 unspecified atom stereocenters. The number of nitrogens with zero attached hydrogens (tertiary/aromatic N) is 3. The lowest BCUT2D eigenvalue weighted by Crippen LogP contribution is -2.16. The highest BCUT2D eigenvalue weighted by atomic mass is 32.1. The Morgan fingerprint density at radius 3 is 2.75 bits per heavy atom. The van der Waals surface area contributed by atoms with Gasteiger partial charge in [-0.2, -0.15) is 4.99 Å². The van der Waals surface area contributed by atoms with Crippen molar-refractivity contribution in [2.75, 3.05) is 0 Å². The highest BCUT2D eigenvalue weighted by Crippen LogP contribution is 2.24. The smallest absolute Gasteiger partial charge is 0.279 e. The molecular formula is C21H19N3O3S. The Labute approximate surface area is 165 Å². The van der Waals surface area contributed by atoms with Gasteiger partial charge in [-0.1, -0.05) is 23.5 Å². The minimum Gasteiger partial charge on any atom is -0.312 e. The van der Waals surface area contributed by atoms with Crippen molar-refractivity contribution in [3.63, 3.8) is 0 Å². The highest BCUT2D eigenvalue weighted by Gasteiger charge is 2.15. The quantitative estimate of drug-likeness (QED) is 0.374. The highest BCUT2D eigenvalue weighted by molar-refractivity contribution is 7.16. The summed E-state index contributed by atoms with van der Waals surface area (Å²) < 4.78 is 2.57. The van der Waals surface area contributed by atoms with E-state index in [-0.39, 0.29) is 11.6 Å². The van der Waals surface area contributed by atoms with E-state index in [1.54, 1.807) is 12.1 Å². The van der Waals surface area contributed by atoms with Gasteiger partial charge in [-0.3, -0.25) is 14.9 Å². The van der Waals surface area contributed by atoms with Crippen LogP contribution < -0.4 is 4.80 Å². The van der Waals surface area contributed by atoms with Gasteiger partial charge in [0.1, 0.15) is 0 Å². The molecule has 1 heterocycles. The van der Waals surface area contributed by atoms with Crippen molar-refractivity contribution >= 4 is 33.1 Å². The zero-order valence-corrected chi connectivity index (χ0v) is 16.1. The molecule has 28 heavy (non-hydrogen) atoms. The summed E-state index contributed by atoms with van der Waals surface area (Å²) in [5.41, 5.74) is 3.95. The number of amides is 1. The number of non-ortho nitro benzene ring substituents is 1. The average Bonchev–Trinajstić information content (AvgIpc) is 3.04. The number of carbonyl (C=O) groups excluding carboxylic acids is 1. The van der Waals surface area contributed by atoms with Crippen LogP contribution in [0.3, 0.4) is 0 Å². The summed E-state index contributed by atoms with van der Waals surface area (Å²) >= 11 is 1.27. The Morgan fingerprint density at radius 1 is 1.21 bits per heavy atom. The van der Waals surface area contributed by atoms with Gasteiger partial charge in [-0.05, 0) is 55.0 Å². The van der Waals surface area contributed by atoms with E-state index in [1.807, 2.05) is 22.8 Å². The summed E-state index contributed by atoms with van der Waals surface area (Å²) in [5.74, 6) is -0.299. The largest absolute Gasteiger partial charge is 0.312 e. The molecule has 3 aromatic rings. The zero-order valence-electron chi connectivity index (χ0n) is 15.3. The molecule has 1 aliphatic rings. The van der Waals surface area contributed by atoms with Crippen LogP contribution in [0.2, 0.25) is 0 Å². The Morgan fingerprint density at radius 2 is 2.00 bits per heavy atom. The van der Waals surface area contributed by atoms with Gasteiger partial charge >= 0.3 is 0 Å². The van der Waals surface area contributed by atoms with Crippen LogP contribution in [0.15, 0.2) is 54.0 Å². The van der Waals surface area contributed by atoms with Gasteiger partial charge < -0.3 is 4.57 Å². The number of rotatable bonds is 4. The normalized spacial score (nSPS) is 14.1. The van der Waals surface area contributed by atoms with Crippen molar-refractivity contribution in [1.82, 2.24) is 4.57 Å². The molecule has 0 bridgehead atoms. The van der Waals surface area contributed by atoms with Crippen molar-refractivity contribution in [2.45, 2.75) is 32.2 Å². The van der Waals surface area contributed by atoms with Crippen LogP contribution in [0, 0.1) is 10.1 Å². The molecule has 1 aliphatic carbocycles. The number of carbonyl (C=O) groups is 1. The second kappa shape index (κ2) is 7.52. The maximum atomic E-state index is 12.8. The van der Waals surface area contributed by atoms with Crippen LogP contribution in [-0.4, -0.2) is 15.4 Å². The third-order valence-electron chi connectivity index (χ3n) is 4.98. The van der Waals surface area contributed by atoms with Crippen molar-refractivity contribution in [2.24, 2.45) is 4.99 Å². The number of fused-ring (bicyclic) bond motifs is 2. The van der Waals surface area contributed by atoms with Crippen LogP contribution >= 0.6 is 11.3 Å². The second-order valence-electron chi connectivity index (χ2n) is 6.80. The van der Waals surface area contributed by atoms with Crippen molar-refractivity contribution in [3.05, 3.63) is 80.7 Å². The first kappa shape index (κ1) is 18.3. The van der Waals surface area contributed by atoms with Crippen LogP contribution in [0.25, 0.3) is 10.2 Å². The molecule has 0 saturated carbocycles. The minimum absolute atomic E-state index is 0.0204. The van der Waals surface area contributed by atoms with E-state index in [2.05, 4.69) is 11.6 Å². The van der Waals surface area contributed by atoms with E-state index < -0.39 is 4.92 Å². The fourth-order valence-corrected chi connectivity index (χ4v) is 4.66. The predicted octanol–water partition coefficient (Wildman–Crippen LogP) is 4.42. The van der Waals surface area contributed by atoms with Crippen molar-refractivity contribution in [1.29, 1.82) is 0 Å². The molecule has 2 aromatic carbocycles. The van der Waals surface area contributed by atoms with Gasteiger partial charge in [-0.25, -0.2) is 0 Å². The Kier molecular flexibility index (Phi) is 4.92. The average molecular weight is 393 g/mol. The lowest BCUT2D eigenvalue weighted by Gasteiger charge is -2.15. The Bertz CT molecular complexity index is 1170. The number of nitro benzene ring substituents is 1. The molecule has 0 fully saturated rings. The number of benzene rings is 2. The summed E-state index contributed by atoms with van der Waals surface area (Å²) in [4.78, 5) is 28.3. The molecule has 0 saturated heterocycles. The molecule has 0 atom stereocenters. The lowest BCUT2D eigenvalue weighted by atomic mass is 9.90. The standard InChI is InChI=1S/C21H19N3O3S/c1-2-11-23-18-10-9-17(24(26)27)13-19(18)28-21(23)22-20(25)16-8-7-14-5-3-4-6-15(14)12-16/h2,7-10,12-13H,1,3-6,11H2. The molecule has 7 heteroatoms. The van der Waals surface area contributed by atoms with E-state index in [4.69, 9.17) is 0 Å². The van der Waals surface area contributed by atoms with Crippen molar-refractivity contribution < 1.29 is 9.72 Å². The third kappa shape index (κ3) is 3.41. The van der Waals surface area contributed by atoms with E-state index in [1.165, 1.54) is 41.0 Å². The van der Waals surface area contributed by atoms with Gasteiger partial charge in [0.15, 0.2) is 4.80 Å². The van der Waals surface area contributed by atoms with E-state index in [0.717, 1.165) is 24.8 Å². The molecule has 6 nitrogen and oxygen atoms in total. The Hall–Kier alpha value is -3.06. The number of thiazole rings is 1. The summed E-state index contributed by atoms with van der Waals surface area (Å²) in [6.45, 7) is 4.23. The molecular weight excluding hydrogens is 374 g/mol. The number of nitro groups is 1. The van der Waals surface area contributed by atoms with Gasteiger partial charge in [0, 0.05) is 24.2 Å². The van der Waals surface area contributed by atoms with Gasteiger partial charge in [0.25, 0.3) is 11.6 Å². The fourth-order valence-electron chi connectivity index (χ4n) is 3.58. The first-order chi connectivity index (χ1) is 13.6. The second-order valence-corrected chi connectivity index (χ2v) is 7.81. The molecule has 0 aliphatic heterocycles. The maximum Gasteiger partial charge on any atom is 0.279 e. The van der Waals surface area contributed by atoms with Crippen LogP contribution in [-0.2, 0) is 19.4 Å². The summed E-state index contributed by atoms with van der Waals surface area (Å²) in [7, 11) is 0. The molecule has 0 N–H and O–H groups in total. The number of allylic oxidation sites excluding steroid dienone is 1. The molecule has 4 rings (SSSR count). The third-order valence-corrected chi connectivity index (χ3v) is 6.02. The first-order valence-electron chi connectivity index (χ1n) is 9.16. The molecule has 0 spiro atoms. The molecule has 0 radical (unpaired) electrons. The number of hydrogen-bond donors (Lipinski definition) is 0. The number of hydrogen-bond acceptors (Lipinski definition) is 4. The fraction of sp³-hybridized carbons (Fsp3) is 0.238. The first-order valence-corrected chi connectivity index (χ1v) is 9.98. The summed E-state index contributed by atoms with van der Waals surface area (Å²) in [6.07, 6.45) is 6.13. The molecule has 142 valence electrons. The predicted molar refractivity (Wildman–Crippen MR) is 110 cm³/mol. The summed E-state index contributed by atoms with van der Waals surface area (Å²) in [5, 5.41) is 11.1. The maximum absolute atomic E-state index is 12.8. The topological polar surface area (TPSA) is 77.5 Å². The van der Waals surface area contributed by atoms with Crippen LogP contribution in [0.5, 0.6) is 0 Å².